The van der Waals surface area contributed by atoms with Crippen molar-refractivity contribution in [2.24, 2.45) is 5.92 Å². The van der Waals surface area contributed by atoms with Crippen molar-refractivity contribution >= 4 is 22.8 Å². The fraction of sp³-hybridized carbons (Fsp3) is 0.444. The van der Waals surface area contributed by atoms with Gasteiger partial charge < -0.3 is 15.0 Å². The first-order valence-corrected chi connectivity index (χ1v) is 8.36. The number of carbonyl (C=O) groups excluding carboxylic acids is 2. The molecule has 134 valence electrons. The zero-order valence-corrected chi connectivity index (χ0v) is 14.5. The molecule has 0 aliphatic carbocycles. The first kappa shape index (κ1) is 18.6. The van der Waals surface area contributed by atoms with Crippen LogP contribution >= 0.6 is 0 Å². The minimum atomic E-state index is -0.442. The quantitative estimate of drug-likeness (QED) is 0.707. The van der Waals surface area contributed by atoms with Gasteiger partial charge in [0.2, 0.25) is 0 Å². The van der Waals surface area contributed by atoms with Crippen LogP contribution in [-0.2, 0) is 20.7 Å². The molecule has 0 spiro atoms. The maximum absolute atomic E-state index is 12.0. The molecule has 2 aromatic rings. The van der Waals surface area contributed by atoms with Crippen LogP contribution in [0.25, 0.3) is 10.9 Å². The first-order chi connectivity index (χ1) is 12.0. The molecule has 2 N–H and O–H groups in total. The van der Waals surface area contributed by atoms with Crippen molar-refractivity contribution in [3.63, 3.8) is 0 Å². The Balaban J connectivity index is 1.76. The fourth-order valence-corrected chi connectivity index (χ4v) is 2.24. The standard InChI is InChI=1S/C18H23N3O4/c1-12(2)10-19-16(22)11-25-17(23)9-5-8-15-20-14-7-4-3-6-13(14)18(24)21-15/h3-4,6-7,12H,5,8-11H2,1-2H3,(H,19,22)(H,20,21,24). The molecule has 0 atom stereocenters. The molecule has 25 heavy (non-hydrogen) atoms. The number of benzene rings is 1. The molecule has 1 heterocycles. The number of amides is 1. The summed E-state index contributed by atoms with van der Waals surface area (Å²) < 4.78 is 4.92. The Morgan fingerprint density at radius 1 is 1.28 bits per heavy atom. The van der Waals surface area contributed by atoms with Crippen molar-refractivity contribution < 1.29 is 14.3 Å². The number of nitrogens with one attached hydrogen (secondary N) is 2. The number of hydrogen-bond donors (Lipinski definition) is 2. The third-order valence-electron chi connectivity index (χ3n) is 3.53. The lowest BCUT2D eigenvalue weighted by Crippen LogP contribution is -2.31. The van der Waals surface area contributed by atoms with Crippen molar-refractivity contribution in [1.29, 1.82) is 0 Å². The zero-order chi connectivity index (χ0) is 18.2. The Kier molecular flexibility index (Phi) is 6.68. The number of H-pyrrole nitrogens is 1. The maximum atomic E-state index is 12.0. The summed E-state index contributed by atoms with van der Waals surface area (Å²) in [4.78, 5) is 42.2. The Labute approximate surface area is 145 Å². The van der Waals surface area contributed by atoms with Gasteiger partial charge in [-0.15, -0.1) is 0 Å². The number of hydrogen-bond acceptors (Lipinski definition) is 5. The number of para-hydroxylation sites is 1. The second-order valence-corrected chi connectivity index (χ2v) is 6.24. The highest BCUT2D eigenvalue weighted by Gasteiger charge is 2.09. The average molecular weight is 345 g/mol. The lowest BCUT2D eigenvalue weighted by atomic mass is 10.2. The largest absolute Gasteiger partial charge is 0.456 e. The molecule has 0 saturated carbocycles. The van der Waals surface area contributed by atoms with Gasteiger partial charge in [-0.2, -0.15) is 0 Å². The highest BCUT2D eigenvalue weighted by atomic mass is 16.5. The molecule has 0 aliphatic heterocycles. The topological polar surface area (TPSA) is 101 Å². The van der Waals surface area contributed by atoms with E-state index in [2.05, 4.69) is 15.3 Å². The molecular formula is C18H23N3O4. The third kappa shape index (κ3) is 6.02. The van der Waals surface area contributed by atoms with Crippen LogP contribution < -0.4 is 10.9 Å². The van der Waals surface area contributed by atoms with Crippen LogP contribution in [0.2, 0.25) is 0 Å². The lowest BCUT2D eigenvalue weighted by Gasteiger charge is -2.08. The van der Waals surface area contributed by atoms with Gasteiger partial charge in [0.25, 0.3) is 11.5 Å². The van der Waals surface area contributed by atoms with Crippen molar-refractivity contribution in [3.05, 3.63) is 40.4 Å². The van der Waals surface area contributed by atoms with Gasteiger partial charge in [0, 0.05) is 19.4 Å². The van der Waals surface area contributed by atoms with Gasteiger partial charge in [0.1, 0.15) is 5.82 Å². The van der Waals surface area contributed by atoms with E-state index in [1.807, 2.05) is 19.9 Å². The maximum Gasteiger partial charge on any atom is 0.306 e. The molecular weight excluding hydrogens is 322 g/mol. The molecule has 0 bridgehead atoms. The summed E-state index contributed by atoms with van der Waals surface area (Å²) in [6.45, 7) is 4.25. The molecule has 0 aliphatic rings. The van der Waals surface area contributed by atoms with Gasteiger partial charge in [-0.25, -0.2) is 4.98 Å². The van der Waals surface area contributed by atoms with E-state index in [1.165, 1.54) is 0 Å². The van der Waals surface area contributed by atoms with Gasteiger partial charge in [0.15, 0.2) is 6.61 Å². The summed E-state index contributed by atoms with van der Waals surface area (Å²) in [5.74, 6) is 0.132. The molecule has 1 aromatic heterocycles. The molecule has 1 aromatic carbocycles. The van der Waals surface area contributed by atoms with Crippen LogP contribution in [0.1, 0.15) is 32.5 Å². The molecule has 0 radical (unpaired) electrons. The Bertz CT molecular complexity index is 798. The van der Waals surface area contributed by atoms with Gasteiger partial charge in [-0.3, -0.25) is 14.4 Å². The Morgan fingerprint density at radius 2 is 2.04 bits per heavy atom. The number of esters is 1. The number of fused-ring (bicyclic) bond motifs is 1. The van der Waals surface area contributed by atoms with Crippen LogP contribution in [0.15, 0.2) is 29.1 Å². The molecule has 2 rings (SSSR count). The minimum absolute atomic E-state index is 0.161. The van der Waals surface area contributed by atoms with E-state index < -0.39 is 5.97 Å². The van der Waals surface area contributed by atoms with Crippen LogP contribution in [0, 0.1) is 5.92 Å². The van der Waals surface area contributed by atoms with Gasteiger partial charge in [-0.05, 0) is 24.5 Å². The summed E-state index contributed by atoms with van der Waals surface area (Å²) >= 11 is 0. The minimum Gasteiger partial charge on any atom is -0.456 e. The fourth-order valence-electron chi connectivity index (χ4n) is 2.24. The van der Waals surface area contributed by atoms with E-state index in [1.54, 1.807) is 18.2 Å². The second-order valence-electron chi connectivity index (χ2n) is 6.24. The van der Waals surface area contributed by atoms with E-state index in [0.717, 1.165) is 0 Å². The third-order valence-corrected chi connectivity index (χ3v) is 3.53. The summed E-state index contributed by atoms with van der Waals surface area (Å²) in [6, 6.07) is 7.09. The van der Waals surface area contributed by atoms with Gasteiger partial charge >= 0.3 is 5.97 Å². The predicted octanol–water partition coefficient (Wildman–Crippen LogP) is 1.56. The summed E-state index contributed by atoms with van der Waals surface area (Å²) in [5, 5.41) is 3.22. The normalized spacial score (nSPS) is 10.8. The Morgan fingerprint density at radius 3 is 2.80 bits per heavy atom. The van der Waals surface area contributed by atoms with Crippen LogP contribution in [0.4, 0.5) is 0 Å². The van der Waals surface area contributed by atoms with Crippen molar-refractivity contribution in [2.45, 2.75) is 33.1 Å². The van der Waals surface area contributed by atoms with E-state index in [-0.39, 0.29) is 24.5 Å². The molecule has 0 saturated heterocycles. The summed E-state index contributed by atoms with van der Waals surface area (Å²) in [5.41, 5.74) is 0.440. The molecule has 0 unspecified atom stereocenters. The molecule has 0 fully saturated rings. The molecule has 7 nitrogen and oxygen atoms in total. The summed E-state index contributed by atoms with van der Waals surface area (Å²) in [7, 11) is 0. The number of ether oxygens (including phenoxy) is 1. The van der Waals surface area contributed by atoms with Crippen LogP contribution in [0.3, 0.4) is 0 Å². The molecule has 7 heteroatoms. The second kappa shape index (κ2) is 8.96. The van der Waals surface area contributed by atoms with Gasteiger partial charge in [-0.1, -0.05) is 26.0 Å². The number of rotatable bonds is 8. The van der Waals surface area contributed by atoms with E-state index in [0.29, 0.717) is 42.0 Å². The lowest BCUT2D eigenvalue weighted by molar-refractivity contribution is -0.148. The SMILES string of the molecule is CC(C)CNC(=O)COC(=O)CCCc1nc2ccccc2c(=O)[nH]1. The first-order valence-electron chi connectivity index (χ1n) is 8.36. The number of aryl methyl sites for hydroxylation is 1. The predicted molar refractivity (Wildman–Crippen MR) is 94.1 cm³/mol. The van der Waals surface area contributed by atoms with Crippen molar-refractivity contribution in [1.82, 2.24) is 15.3 Å². The van der Waals surface area contributed by atoms with Crippen LogP contribution in [-0.4, -0.2) is 35.0 Å². The van der Waals surface area contributed by atoms with E-state index in [4.69, 9.17) is 4.74 Å². The number of nitrogens with zero attached hydrogens (tertiary/aromatic N) is 1. The zero-order valence-electron chi connectivity index (χ0n) is 14.5. The monoisotopic (exact) mass is 345 g/mol. The highest BCUT2D eigenvalue weighted by molar-refractivity contribution is 5.80. The number of aromatic amines is 1. The van der Waals surface area contributed by atoms with E-state index in [9.17, 15) is 14.4 Å². The smallest absolute Gasteiger partial charge is 0.306 e. The van der Waals surface area contributed by atoms with Crippen molar-refractivity contribution in [2.75, 3.05) is 13.2 Å². The average Bonchev–Trinajstić information content (AvgIpc) is 2.58. The van der Waals surface area contributed by atoms with E-state index >= 15 is 0 Å². The summed E-state index contributed by atoms with van der Waals surface area (Å²) in [6.07, 6.45) is 1.09. The van der Waals surface area contributed by atoms with Crippen molar-refractivity contribution in [3.8, 4) is 0 Å². The molecule has 1 amide bonds. The number of aromatic nitrogens is 2. The Hall–Kier alpha value is -2.70. The number of carbonyl (C=O) groups is 2. The highest BCUT2D eigenvalue weighted by Crippen LogP contribution is 2.07. The van der Waals surface area contributed by atoms with Crippen LogP contribution in [0.5, 0.6) is 0 Å². The van der Waals surface area contributed by atoms with Gasteiger partial charge in [0.05, 0.1) is 10.9 Å².